The van der Waals surface area contributed by atoms with Gasteiger partial charge < -0.3 is 30.2 Å². The van der Waals surface area contributed by atoms with Crippen molar-refractivity contribution in [2.75, 3.05) is 6.61 Å². The van der Waals surface area contributed by atoms with Gasteiger partial charge in [0.1, 0.15) is 11.7 Å². The Morgan fingerprint density at radius 2 is 1.77 bits per heavy atom. The minimum absolute atomic E-state index is 0.925. The SMILES string of the molecule is C[C@@](O)(CO)[C@@H](O)C(O)P(=O)(O)O. The molecule has 0 rings (SSSR count). The Morgan fingerprint density at radius 3 is 2.00 bits per heavy atom. The van der Waals surface area contributed by atoms with Gasteiger partial charge in [-0.3, -0.25) is 4.57 Å². The summed E-state index contributed by atoms with van der Waals surface area (Å²) in [6.45, 7) is 0.0156. The molecule has 0 saturated heterocycles. The molecule has 0 aliphatic rings. The Labute approximate surface area is 74.4 Å². The Bertz CT molecular complexity index is 209. The average molecular weight is 216 g/mol. The monoisotopic (exact) mass is 216 g/mol. The summed E-state index contributed by atoms with van der Waals surface area (Å²) < 4.78 is 10.4. The van der Waals surface area contributed by atoms with Crippen LogP contribution in [0.3, 0.4) is 0 Å². The quantitative estimate of drug-likeness (QED) is 0.287. The maximum atomic E-state index is 10.4. The minimum Gasteiger partial charge on any atom is -0.393 e. The van der Waals surface area contributed by atoms with Crippen molar-refractivity contribution < 1.29 is 34.8 Å². The van der Waals surface area contributed by atoms with Gasteiger partial charge in [-0.15, -0.1) is 0 Å². The zero-order valence-corrected chi connectivity index (χ0v) is 7.79. The van der Waals surface area contributed by atoms with E-state index in [4.69, 9.17) is 30.2 Å². The van der Waals surface area contributed by atoms with Crippen LogP contribution in [0, 0.1) is 0 Å². The van der Waals surface area contributed by atoms with Crippen LogP contribution >= 0.6 is 7.60 Å². The summed E-state index contributed by atoms with van der Waals surface area (Å²) in [7, 11) is -4.89. The van der Waals surface area contributed by atoms with Crippen molar-refractivity contribution in [3.63, 3.8) is 0 Å². The van der Waals surface area contributed by atoms with E-state index in [1.54, 1.807) is 0 Å². The van der Waals surface area contributed by atoms with E-state index in [9.17, 15) is 4.57 Å². The largest absolute Gasteiger partial charge is 0.393 e. The van der Waals surface area contributed by atoms with Crippen LogP contribution in [-0.4, -0.2) is 54.4 Å². The molecule has 0 saturated carbocycles. The van der Waals surface area contributed by atoms with Crippen LogP contribution in [0.2, 0.25) is 0 Å². The van der Waals surface area contributed by atoms with Crippen LogP contribution in [0.1, 0.15) is 6.92 Å². The maximum Gasteiger partial charge on any atom is 0.356 e. The van der Waals surface area contributed by atoms with E-state index in [1.165, 1.54) is 0 Å². The van der Waals surface area contributed by atoms with Crippen molar-refractivity contribution in [2.24, 2.45) is 0 Å². The molecule has 8 heteroatoms. The summed E-state index contributed by atoms with van der Waals surface area (Å²) in [5, 5.41) is 35.5. The molecule has 0 radical (unpaired) electrons. The molecule has 0 spiro atoms. The van der Waals surface area contributed by atoms with E-state index < -0.39 is 31.8 Å². The van der Waals surface area contributed by atoms with Crippen LogP contribution in [0.15, 0.2) is 0 Å². The third-order valence-corrected chi connectivity index (χ3v) is 2.56. The first-order chi connectivity index (χ1) is 5.63. The van der Waals surface area contributed by atoms with Crippen LogP contribution < -0.4 is 0 Å². The Kier molecular flexibility index (Phi) is 4.01. The molecule has 0 amide bonds. The van der Waals surface area contributed by atoms with E-state index in [0.29, 0.717) is 0 Å². The highest BCUT2D eigenvalue weighted by molar-refractivity contribution is 7.52. The molecule has 0 heterocycles. The van der Waals surface area contributed by atoms with E-state index in [1.807, 2.05) is 0 Å². The molecule has 0 aliphatic heterocycles. The third-order valence-electron chi connectivity index (χ3n) is 1.58. The molecule has 6 N–H and O–H groups in total. The molecule has 0 fully saturated rings. The Hall–Kier alpha value is -0.0100. The molecule has 1 unspecified atom stereocenters. The molecule has 13 heavy (non-hydrogen) atoms. The number of hydrogen-bond donors (Lipinski definition) is 6. The zero-order valence-electron chi connectivity index (χ0n) is 6.90. The third kappa shape index (κ3) is 3.32. The molecular weight excluding hydrogens is 203 g/mol. The number of rotatable bonds is 4. The lowest BCUT2D eigenvalue weighted by Gasteiger charge is -2.30. The summed E-state index contributed by atoms with van der Waals surface area (Å²) in [4.78, 5) is 16.8. The Morgan fingerprint density at radius 1 is 1.38 bits per heavy atom. The zero-order chi connectivity index (χ0) is 10.9. The van der Waals surface area contributed by atoms with Crippen LogP contribution in [0.5, 0.6) is 0 Å². The fourth-order valence-electron chi connectivity index (χ4n) is 0.599. The second kappa shape index (κ2) is 4.02. The summed E-state index contributed by atoms with van der Waals surface area (Å²) in [5.41, 5.74) is -2.15. The van der Waals surface area contributed by atoms with Crippen LogP contribution in [-0.2, 0) is 4.57 Å². The second-order valence-corrected chi connectivity index (χ2v) is 4.67. The summed E-state index contributed by atoms with van der Waals surface area (Å²) >= 11 is 0. The summed E-state index contributed by atoms with van der Waals surface area (Å²) in [6.07, 6.45) is -2.11. The van der Waals surface area contributed by atoms with Crippen molar-refractivity contribution >= 4 is 7.60 Å². The van der Waals surface area contributed by atoms with E-state index >= 15 is 0 Å². The molecule has 0 aliphatic carbocycles. The molecule has 3 atom stereocenters. The van der Waals surface area contributed by atoms with Crippen molar-refractivity contribution in [3.8, 4) is 0 Å². The van der Waals surface area contributed by atoms with E-state index in [-0.39, 0.29) is 0 Å². The topological polar surface area (TPSA) is 138 Å². The molecule has 0 aromatic heterocycles. The van der Waals surface area contributed by atoms with Gasteiger partial charge in [0.15, 0.2) is 5.85 Å². The molecule has 80 valence electrons. The number of aliphatic hydroxyl groups excluding tert-OH is 3. The standard InChI is InChI=1S/C5H13O7P/c1-5(9,2-6)3(7)4(8)13(10,11)12/h3-4,6-9H,2H2,1H3,(H2,10,11,12)/t3-,4?,5+/m0/s1. The average Bonchev–Trinajstić information content (AvgIpc) is 2.00. The lowest BCUT2D eigenvalue weighted by Crippen LogP contribution is -2.49. The van der Waals surface area contributed by atoms with Crippen molar-refractivity contribution in [3.05, 3.63) is 0 Å². The molecular formula is C5H13O7P. The highest BCUT2D eigenvalue weighted by Crippen LogP contribution is 2.43. The smallest absolute Gasteiger partial charge is 0.356 e. The molecule has 0 aromatic rings. The lowest BCUT2D eigenvalue weighted by atomic mass is 10.0. The highest BCUT2D eigenvalue weighted by Gasteiger charge is 2.43. The maximum absolute atomic E-state index is 10.4. The molecule has 0 bridgehead atoms. The van der Waals surface area contributed by atoms with Gasteiger partial charge in [-0.05, 0) is 6.92 Å². The Balaban J connectivity index is 4.61. The first-order valence-corrected chi connectivity index (χ1v) is 5.05. The van der Waals surface area contributed by atoms with Crippen LogP contribution in [0.25, 0.3) is 0 Å². The summed E-state index contributed by atoms with van der Waals surface area (Å²) in [5.74, 6) is -2.41. The van der Waals surface area contributed by atoms with Gasteiger partial charge in [-0.1, -0.05) is 0 Å². The fraction of sp³-hybridized carbons (Fsp3) is 1.00. The number of hydrogen-bond acceptors (Lipinski definition) is 5. The van der Waals surface area contributed by atoms with E-state index in [2.05, 4.69) is 0 Å². The van der Waals surface area contributed by atoms with E-state index in [0.717, 1.165) is 6.92 Å². The molecule has 7 nitrogen and oxygen atoms in total. The van der Waals surface area contributed by atoms with Gasteiger partial charge in [0.2, 0.25) is 0 Å². The fourth-order valence-corrected chi connectivity index (χ4v) is 1.29. The highest BCUT2D eigenvalue weighted by atomic mass is 31.2. The van der Waals surface area contributed by atoms with Crippen molar-refractivity contribution in [1.29, 1.82) is 0 Å². The normalized spacial score (nSPS) is 22.1. The molecule has 0 aromatic carbocycles. The van der Waals surface area contributed by atoms with Gasteiger partial charge in [0.25, 0.3) is 0 Å². The van der Waals surface area contributed by atoms with Gasteiger partial charge in [0.05, 0.1) is 6.61 Å². The minimum atomic E-state index is -4.89. The van der Waals surface area contributed by atoms with Gasteiger partial charge in [-0.25, -0.2) is 0 Å². The van der Waals surface area contributed by atoms with Crippen molar-refractivity contribution in [1.82, 2.24) is 0 Å². The predicted molar refractivity (Wildman–Crippen MR) is 41.8 cm³/mol. The van der Waals surface area contributed by atoms with Gasteiger partial charge >= 0.3 is 7.60 Å². The van der Waals surface area contributed by atoms with Crippen molar-refractivity contribution in [2.45, 2.75) is 24.5 Å². The van der Waals surface area contributed by atoms with Gasteiger partial charge in [0, 0.05) is 0 Å². The predicted octanol–water partition coefficient (Wildman–Crippen LogP) is -2.41. The first-order valence-electron chi connectivity index (χ1n) is 3.37. The van der Waals surface area contributed by atoms with Gasteiger partial charge in [-0.2, -0.15) is 0 Å². The van der Waals surface area contributed by atoms with Crippen LogP contribution in [0.4, 0.5) is 0 Å². The first kappa shape index (κ1) is 13.0. The summed E-state index contributed by atoms with van der Waals surface area (Å²) in [6, 6.07) is 0. The lowest BCUT2D eigenvalue weighted by molar-refractivity contribution is -0.121. The second-order valence-electron chi connectivity index (χ2n) is 2.96. The number of aliphatic hydroxyl groups is 4.